The molecule has 0 saturated carbocycles. The predicted molar refractivity (Wildman–Crippen MR) is 106 cm³/mol. The van der Waals surface area contributed by atoms with Crippen molar-refractivity contribution in [1.82, 2.24) is 5.32 Å². The maximum absolute atomic E-state index is 5.92. The number of nitrogens with one attached hydrogen (secondary N) is 1. The quantitative estimate of drug-likeness (QED) is 0.502. The minimum absolute atomic E-state index is 0. The second-order valence-electron chi connectivity index (χ2n) is 5.73. The molecule has 0 atom stereocenters. The number of hydrogen-bond donors (Lipinski definition) is 1. The van der Waals surface area contributed by atoms with Crippen LogP contribution >= 0.6 is 28.3 Å². The molecule has 0 unspecified atom stereocenters. The SMILES string of the molecule is CCCCOCCCNCc1ccc(-c2ccc(Br)c(C)c2)o1.Cl. The summed E-state index contributed by atoms with van der Waals surface area (Å²) in [4.78, 5) is 0. The number of furan rings is 1. The molecular weight excluding hydrogens is 390 g/mol. The molecule has 0 amide bonds. The fraction of sp³-hybridized carbons (Fsp3) is 0.474. The fourth-order valence-electron chi connectivity index (χ4n) is 2.29. The van der Waals surface area contributed by atoms with Gasteiger partial charge in [-0.15, -0.1) is 12.4 Å². The summed E-state index contributed by atoms with van der Waals surface area (Å²) in [7, 11) is 0. The minimum atomic E-state index is 0. The molecule has 1 heterocycles. The average molecular weight is 417 g/mol. The van der Waals surface area contributed by atoms with Crippen LogP contribution in [-0.2, 0) is 11.3 Å². The van der Waals surface area contributed by atoms with Crippen molar-refractivity contribution >= 4 is 28.3 Å². The molecule has 0 fully saturated rings. The third-order valence-corrected chi connectivity index (χ3v) is 4.58. The maximum Gasteiger partial charge on any atom is 0.134 e. The Hall–Kier alpha value is -0.810. The highest BCUT2D eigenvalue weighted by molar-refractivity contribution is 9.10. The Labute approximate surface area is 159 Å². The lowest BCUT2D eigenvalue weighted by Gasteiger charge is -2.05. The van der Waals surface area contributed by atoms with E-state index in [2.05, 4.69) is 53.3 Å². The molecule has 3 nitrogen and oxygen atoms in total. The summed E-state index contributed by atoms with van der Waals surface area (Å²) in [5.41, 5.74) is 2.32. The van der Waals surface area contributed by atoms with Crippen molar-refractivity contribution in [3.05, 3.63) is 46.1 Å². The first kappa shape index (κ1) is 21.2. The van der Waals surface area contributed by atoms with Gasteiger partial charge >= 0.3 is 0 Å². The first-order valence-corrected chi connectivity index (χ1v) is 9.13. The lowest BCUT2D eigenvalue weighted by molar-refractivity contribution is 0.128. The van der Waals surface area contributed by atoms with Gasteiger partial charge in [0.2, 0.25) is 0 Å². The lowest BCUT2D eigenvalue weighted by atomic mass is 10.1. The molecule has 0 aliphatic carbocycles. The highest BCUT2D eigenvalue weighted by Gasteiger charge is 2.06. The van der Waals surface area contributed by atoms with Crippen LogP contribution in [0.5, 0.6) is 0 Å². The number of unbranched alkanes of at least 4 members (excludes halogenated alkanes) is 1. The van der Waals surface area contributed by atoms with Crippen molar-refractivity contribution in [2.24, 2.45) is 0 Å². The number of aryl methyl sites for hydroxylation is 1. The molecular formula is C19H27BrClNO2. The Balaban J connectivity index is 0.00000288. The van der Waals surface area contributed by atoms with Crippen molar-refractivity contribution in [1.29, 1.82) is 0 Å². The Morgan fingerprint density at radius 3 is 2.67 bits per heavy atom. The van der Waals surface area contributed by atoms with Gasteiger partial charge in [0.05, 0.1) is 6.54 Å². The van der Waals surface area contributed by atoms with Crippen LogP contribution in [0.25, 0.3) is 11.3 Å². The highest BCUT2D eigenvalue weighted by Crippen LogP contribution is 2.26. The first-order chi connectivity index (χ1) is 11.2. The van der Waals surface area contributed by atoms with Gasteiger partial charge in [-0.1, -0.05) is 35.3 Å². The molecule has 0 spiro atoms. The van der Waals surface area contributed by atoms with E-state index in [9.17, 15) is 0 Å². The van der Waals surface area contributed by atoms with Gasteiger partial charge in [-0.2, -0.15) is 0 Å². The van der Waals surface area contributed by atoms with Crippen LogP contribution in [0.4, 0.5) is 0 Å². The third kappa shape index (κ3) is 6.98. The van der Waals surface area contributed by atoms with E-state index in [1.807, 2.05) is 12.1 Å². The van der Waals surface area contributed by atoms with E-state index in [-0.39, 0.29) is 12.4 Å². The molecule has 0 aliphatic rings. The maximum atomic E-state index is 5.92. The zero-order valence-corrected chi connectivity index (χ0v) is 16.8. The van der Waals surface area contributed by atoms with Crippen LogP contribution in [0.1, 0.15) is 37.5 Å². The van der Waals surface area contributed by atoms with Gasteiger partial charge in [-0.05, 0) is 56.1 Å². The smallest absolute Gasteiger partial charge is 0.134 e. The van der Waals surface area contributed by atoms with Gasteiger partial charge in [0.15, 0.2) is 0 Å². The van der Waals surface area contributed by atoms with Crippen LogP contribution in [-0.4, -0.2) is 19.8 Å². The summed E-state index contributed by atoms with van der Waals surface area (Å²) in [6.45, 7) is 7.67. The second kappa shape index (κ2) is 11.7. The number of rotatable bonds is 10. The van der Waals surface area contributed by atoms with Gasteiger partial charge < -0.3 is 14.5 Å². The second-order valence-corrected chi connectivity index (χ2v) is 6.58. The van der Waals surface area contributed by atoms with Gasteiger partial charge in [0.25, 0.3) is 0 Å². The molecule has 0 saturated heterocycles. The minimum Gasteiger partial charge on any atom is -0.460 e. The molecule has 2 aromatic rings. The summed E-state index contributed by atoms with van der Waals surface area (Å²) < 4.78 is 12.6. The Morgan fingerprint density at radius 1 is 1.12 bits per heavy atom. The summed E-state index contributed by atoms with van der Waals surface area (Å²) >= 11 is 3.52. The zero-order valence-electron chi connectivity index (χ0n) is 14.4. The lowest BCUT2D eigenvalue weighted by Crippen LogP contribution is -2.16. The largest absolute Gasteiger partial charge is 0.460 e. The molecule has 134 valence electrons. The molecule has 1 aromatic heterocycles. The number of benzene rings is 1. The molecule has 1 N–H and O–H groups in total. The van der Waals surface area contributed by atoms with E-state index in [4.69, 9.17) is 9.15 Å². The van der Waals surface area contributed by atoms with Crippen LogP contribution in [0.15, 0.2) is 39.2 Å². The van der Waals surface area contributed by atoms with Crippen molar-refractivity contribution in [2.75, 3.05) is 19.8 Å². The van der Waals surface area contributed by atoms with Gasteiger partial charge in [0.1, 0.15) is 11.5 Å². The fourth-order valence-corrected chi connectivity index (χ4v) is 2.53. The van der Waals surface area contributed by atoms with Crippen LogP contribution < -0.4 is 5.32 Å². The Morgan fingerprint density at radius 2 is 1.92 bits per heavy atom. The van der Waals surface area contributed by atoms with Crippen molar-refractivity contribution in [2.45, 2.75) is 39.7 Å². The van der Waals surface area contributed by atoms with E-state index in [0.717, 1.165) is 60.7 Å². The summed E-state index contributed by atoms with van der Waals surface area (Å²) in [6.07, 6.45) is 3.37. The van der Waals surface area contributed by atoms with Crippen LogP contribution in [0.2, 0.25) is 0 Å². The summed E-state index contributed by atoms with van der Waals surface area (Å²) in [5.74, 6) is 1.88. The number of hydrogen-bond acceptors (Lipinski definition) is 3. The predicted octanol–water partition coefficient (Wildman–Crippen LogP) is 5.74. The van der Waals surface area contributed by atoms with Gasteiger partial charge in [0, 0.05) is 23.2 Å². The average Bonchev–Trinajstić information content (AvgIpc) is 3.01. The van der Waals surface area contributed by atoms with E-state index in [1.54, 1.807) is 0 Å². The standard InChI is InChI=1S/C19H26BrNO2.ClH/c1-3-4-11-22-12-5-10-21-14-17-7-9-19(23-17)16-6-8-18(20)15(2)13-16;/h6-9,13,21H,3-5,10-12,14H2,1-2H3;1H. The summed E-state index contributed by atoms with van der Waals surface area (Å²) in [6, 6.07) is 10.3. The normalized spacial score (nSPS) is 10.6. The van der Waals surface area contributed by atoms with Crippen molar-refractivity contribution in [3.63, 3.8) is 0 Å². The summed E-state index contributed by atoms with van der Waals surface area (Å²) in [5, 5.41) is 3.40. The van der Waals surface area contributed by atoms with Gasteiger partial charge in [-0.25, -0.2) is 0 Å². The molecule has 0 aliphatic heterocycles. The molecule has 5 heteroatoms. The molecule has 2 rings (SSSR count). The highest BCUT2D eigenvalue weighted by atomic mass is 79.9. The molecule has 0 radical (unpaired) electrons. The Bertz CT molecular complexity index is 601. The van der Waals surface area contributed by atoms with Gasteiger partial charge in [-0.3, -0.25) is 0 Å². The molecule has 0 bridgehead atoms. The van der Waals surface area contributed by atoms with E-state index < -0.39 is 0 Å². The zero-order chi connectivity index (χ0) is 16.5. The van der Waals surface area contributed by atoms with E-state index in [1.165, 1.54) is 12.0 Å². The van der Waals surface area contributed by atoms with Crippen LogP contribution in [0, 0.1) is 6.92 Å². The van der Waals surface area contributed by atoms with E-state index >= 15 is 0 Å². The molecule has 24 heavy (non-hydrogen) atoms. The topological polar surface area (TPSA) is 34.4 Å². The monoisotopic (exact) mass is 415 g/mol. The number of ether oxygens (including phenoxy) is 1. The third-order valence-electron chi connectivity index (χ3n) is 3.69. The number of halogens is 2. The van der Waals surface area contributed by atoms with Crippen molar-refractivity contribution < 1.29 is 9.15 Å². The van der Waals surface area contributed by atoms with E-state index in [0.29, 0.717) is 0 Å². The van der Waals surface area contributed by atoms with Crippen molar-refractivity contribution in [3.8, 4) is 11.3 Å². The molecule has 1 aromatic carbocycles. The van der Waals surface area contributed by atoms with Crippen LogP contribution in [0.3, 0.4) is 0 Å². The Kier molecular flexibility index (Phi) is 10.3. The first-order valence-electron chi connectivity index (χ1n) is 8.34.